The van der Waals surface area contributed by atoms with Crippen LogP contribution in [0.5, 0.6) is 0 Å². The summed E-state index contributed by atoms with van der Waals surface area (Å²) in [5.41, 5.74) is 3.57. The van der Waals surface area contributed by atoms with Crippen LogP contribution in [-0.2, 0) is 20.6 Å². The zero-order valence-corrected chi connectivity index (χ0v) is 19.1. The van der Waals surface area contributed by atoms with Crippen molar-refractivity contribution >= 4 is 22.6 Å². The number of para-hydroxylation sites is 1. The van der Waals surface area contributed by atoms with E-state index in [1.165, 1.54) is 17.3 Å². The minimum Gasteiger partial charge on any atom is -0.369 e. The number of hydrogen-bond donors (Lipinski definition) is 0. The molecule has 0 radical (unpaired) electrons. The minimum atomic E-state index is -0.361. The van der Waals surface area contributed by atoms with Crippen molar-refractivity contribution in [2.24, 2.45) is 14.1 Å². The summed E-state index contributed by atoms with van der Waals surface area (Å²) in [5.74, 6) is 0.719. The average molecular weight is 436 g/mol. The second kappa shape index (κ2) is 7.67. The highest BCUT2D eigenvalue weighted by atomic mass is 16.2. The minimum absolute atomic E-state index is 0.312. The summed E-state index contributed by atoms with van der Waals surface area (Å²) in [6.07, 6.45) is 0. The molecule has 4 heterocycles. The summed E-state index contributed by atoms with van der Waals surface area (Å²) < 4.78 is 6.67. The molecule has 0 bridgehead atoms. The van der Waals surface area contributed by atoms with E-state index in [0.717, 1.165) is 61.0 Å². The van der Waals surface area contributed by atoms with Crippen LogP contribution in [0.3, 0.4) is 0 Å². The van der Waals surface area contributed by atoms with Gasteiger partial charge in [0.2, 0.25) is 5.78 Å². The van der Waals surface area contributed by atoms with Gasteiger partial charge in [-0.25, -0.2) is 4.79 Å². The van der Waals surface area contributed by atoms with Gasteiger partial charge in [-0.1, -0.05) is 18.2 Å². The van der Waals surface area contributed by atoms with E-state index in [1.54, 1.807) is 7.05 Å². The molecule has 32 heavy (non-hydrogen) atoms. The number of hydrogen-bond acceptors (Lipinski definition) is 5. The molecule has 5 rings (SSSR count). The van der Waals surface area contributed by atoms with Crippen molar-refractivity contribution in [1.29, 1.82) is 0 Å². The molecule has 9 heteroatoms. The molecule has 9 nitrogen and oxygen atoms in total. The zero-order valence-electron chi connectivity index (χ0n) is 19.1. The highest BCUT2D eigenvalue weighted by Crippen LogP contribution is 2.21. The van der Waals surface area contributed by atoms with E-state index in [4.69, 9.17) is 4.98 Å². The monoisotopic (exact) mass is 435 g/mol. The summed E-state index contributed by atoms with van der Waals surface area (Å²) in [7, 11) is 3.17. The lowest BCUT2D eigenvalue weighted by molar-refractivity contribution is 0.248. The van der Waals surface area contributed by atoms with Crippen LogP contribution >= 0.6 is 0 Å². The van der Waals surface area contributed by atoms with Crippen molar-refractivity contribution in [1.82, 2.24) is 28.0 Å². The normalized spacial score (nSPS) is 15.3. The Labute approximate surface area is 185 Å². The second-order valence-corrected chi connectivity index (χ2v) is 8.61. The number of aryl methyl sites for hydroxylation is 2. The topological polar surface area (TPSA) is 72.7 Å². The Morgan fingerprint density at radius 3 is 2.25 bits per heavy atom. The van der Waals surface area contributed by atoms with E-state index in [0.29, 0.717) is 11.2 Å². The third-order valence-corrected chi connectivity index (χ3v) is 6.88. The van der Waals surface area contributed by atoms with Crippen molar-refractivity contribution in [2.75, 3.05) is 37.6 Å². The molecular weight excluding hydrogens is 406 g/mol. The van der Waals surface area contributed by atoms with Crippen LogP contribution in [-0.4, -0.2) is 60.7 Å². The molecule has 1 aliphatic heterocycles. The fraction of sp³-hybridized carbons (Fsp3) is 0.435. The first-order valence-electron chi connectivity index (χ1n) is 11.0. The second-order valence-electron chi connectivity index (χ2n) is 8.61. The number of imidazole rings is 2. The smallest absolute Gasteiger partial charge is 0.332 e. The molecule has 4 aromatic rings. The molecular formula is C23H29N7O2. The third-order valence-electron chi connectivity index (χ3n) is 6.88. The number of rotatable bonds is 4. The van der Waals surface area contributed by atoms with Gasteiger partial charge in [-0.2, -0.15) is 4.98 Å². The van der Waals surface area contributed by atoms with Crippen LogP contribution in [0.1, 0.15) is 11.4 Å². The Morgan fingerprint density at radius 2 is 1.56 bits per heavy atom. The van der Waals surface area contributed by atoms with Gasteiger partial charge in [-0.3, -0.25) is 23.2 Å². The SMILES string of the molecule is Cc1c(C)n2c3c(=O)n(C)c(=O)n(C)c3nc2n1CCN1CCN(c2ccccc2)CC1. The van der Waals surface area contributed by atoms with Gasteiger partial charge in [0.15, 0.2) is 11.2 Å². The molecule has 0 atom stereocenters. The molecule has 0 saturated carbocycles. The molecule has 1 aromatic carbocycles. The molecule has 0 aliphatic carbocycles. The van der Waals surface area contributed by atoms with E-state index < -0.39 is 0 Å². The molecule has 1 aliphatic rings. The Morgan fingerprint density at radius 1 is 0.875 bits per heavy atom. The molecule has 1 fully saturated rings. The van der Waals surface area contributed by atoms with E-state index >= 15 is 0 Å². The predicted molar refractivity (Wildman–Crippen MR) is 126 cm³/mol. The lowest BCUT2D eigenvalue weighted by atomic mass is 10.2. The van der Waals surface area contributed by atoms with E-state index in [-0.39, 0.29) is 11.2 Å². The third kappa shape index (κ3) is 3.07. The first-order chi connectivity index (χ1) is 15.4. The number of nitrogens with zero attached hydrogens (tertiary/aromatic N) is 7. The Hall–Kier alpha value is -3.33. The van der Waals surface area contributed by atoms with Gasteiger partial charge in [0.1, 0.15) is 0 Å². The van der Waals surface area contributed by atoms with Crippen molar-refractivity contribution < 1.29 is 0 Å². The van der Waals surface area contributed by atoms with Gasteiger partial charge in [0.25, 0.3) is 5.56 Å². The molecule has 0 amide bonds. The number of anilines is 1. The molecule has 3 aromatic heterocycles. The van der Waals surface area contributed by atoms with Crippen molar-refractivity contribution in [3.05, 3.63) is 62.6 Å². The van der Waals surface area contributed by atoms with Gasteiger partial charge in [-0.05, 0) is 26.0 Å². The highest BCUT2D eigenvalue weighted by Gasteiger charge is 2.23. The quantitative estimate of drug-likeness (QED) is 0.481. The van der Waals surface area contributed by atoms with Gasteiger partial charge in [0, 0.05) is 70.4 Å². The van der Waals surface area contributed by atoms with Crippen molar-refractivity contribution in [3.8, 4) is 0 Å². The predicted octanol–water partition coefficient (Wildman–Crippen LogP) is 1.13. The number of benzene rings is 1. The van der Waals surface area contributed by atoms with E-state index in [2.05, 4.69) is 51.6 Å². The largest absolute Gasteiger partial charge is 0.369 e. The Balaban J connectivity index is 1.41. The van der Waals surface area contributed by atoms with Crippen LogP contribution in [0.2, 0.25) is 0 Å². The fourth-order valence-corrected chi connectivity index (χ4v) is 4.77. The standard InChI is InChI=1S/C23H29N7O2/c1-16-17(2)30-19-20(25(3)23(32)26(4)21(19)31)24-22(30)29(16)15-12-27-10-13-28(14-11-27)18-8-6-5-7-9-18/h5-9H,10-15H2,1-4H3. The summed E-state index contributed by atoms with van der Waals surface area (Å²) in [6, 6.07) is 10.6. The number of fused-ring (bicyclic) bond motifs is 3. The van der Waals surface area contributed by atoms with Crippen molar-refractivity contribution in [2.45, 2.75) is 20.4 Å². The van der Waals surface area contributed by atoms with Crippen LogP contribution < -0.4 is 16.1 Å². The number of aromatic nitrogens is 5. The Bertz CT molecular complexity index is 1420. The van der Waals surface area contributed by atoms with E-state index in [1.807, 2.05) is 11.3 Å². The zero-order chi connectivity index (χ0) is 22.6. The lowest BCUT2D eigenvalue weighted by Crippen LogP contribution is -2.47. The maximum atomic E-state index is 12.9. The maximum absolute atomic E-state index is 12.9. The van der Waals surface area contributed by atoms with E-state index in [9.17, 15) is 9.59 Å². The van der Waals surface area contributed by atoms with Gasteiger partial charge in [0.05, 0.1) is 0 Å². The summed E-state index contributed by atoms with van der Waals surface area (Å²) in [6.45, 7) is 9.80. The van der Waals surface area contributed by atoms with Crippen LogP contribution in [0.4, 0.5) is 5.69 Å². The number of piperazine rings is 1. The van der Waals surface area contributed by atoms with Crippen molar-refractivity contribution in [3.63, 3.8) is 0 Å². The van der Waals surface area contributed by atoms with Gasteiger partial charge >= 0.3 is 5.69 Å². The first kappa shape index (κ1) is 20.6. The van der Waals surface area contributed by atoms with Crippen LogP contribution in [0.15, 0.2) is 39.9 Å². The highest BCUT2D eigenvalue weighted by molar-refractivity contribution is 5.76. The molecule has 0 N–H and O–H groups in total. The van der Waals surface area contributed by atoms with Gasteiger partial charge in [-0.15, -0.1) is 0 Å². The van der Waals surface area contributed by atoms with Crippen LogP contribution in [0, 0.1) is 13.8 Å². The average Bonchev–Trinajstić information content (AvgIpc) is 3.31. The molecule has 0 spiro atoms. The summed E-state index contributed by atoms with van der Waals surface area (Å²) in [5, 5.41) is 0. The summed E-state index contributed by atoms with van der Waals surface area (Å²) in [4.78, 5) is 34.9. The first-order valence-corrected chi connectivity index (χ1v) is 11.0. The lowest BCUT2D eigenvalue weighted by Gasteiger charge is -2.36. The van der Waals surface area contributed by atoms with Crippen LogP contribution in [0.25, 0.3) is 16.9 Å². The molecule has 0 unspecified atom stereocenters. The Kier molecular flexibility index (Phi) is 4.93. The summed E-state index contributed by atoms with van der Waals surface area (Å²) >= 11 is 0. The molecule has 168 valence electrons. The van der Waals surface area contributed by atoms with Gasteiger partial charge < -0.3 is 9.47 Å². The maximum Gasteiger partial charge on any atom is 0.332 e. The fourth-order valence-electron chi connectivity index (χ4n) is 4.77. The molecule has 1 saturated heterocycles.